The van der Waals surface area contributed by atoms with Gasteiger partial charge in [-0.1, -0.05) is 11.3 Å². The van der Waals surface area contributed by atoms with Gasteiger partial charge >= 0.3 is 0 Å². The zero-order chi connectivity index (χ0) is 13.2. The van der Waals surface area contributed by atoms with Gasteiger partial charge in [-0.3, -0.25) is 0 Å². The number of benzene rings is 1. The number of nitrogens with one attached hydrogen (secondary N) is 1. The maximum atomic E-state index is 13.3. The molecule has 0 bridgehead atoms. The first kappa shape index (κ1) is 12.5. The lowest BCUT2D eigenvalue weighted by atomic mass is 10.2. The van der Waals surface area contributed by atoms with Crippen LogP contribution in [0.1, 0.15) is 17.8 Å². The summed E-state index contributed by atoms with van der Waals surface area (Å²) in [6.45, 7) is 0.751. The molecule has 4 nitrogen and oxygen atoms in total. The van der Waals surface area contributed by atoms with Crippen LogP contribution in [-0.4, -0.2) is 23.3 Å². The number of hydrogen-bond acceptors (Lipinski definition) is 5. The van der Waals surface area contributed by atoms with Gasteiger partial charge < -0.3 is 10.1 Å². The Labute approximate surface area is 114 Å². The maximum absolute atomic E-state index is 13.3. The van der Waals surface area contributed by atoms with E-state index in [0.29, 0.717) is 6.04 Å². The van der Waals surface area contributed by atoms with E-state index in [1.54, 1.807) is 12.1 Å². The molecule has 0 radical (unpaired) electrons. The number of rotatable bonds is 5. The molecule has 2 aromatic rings. The van der Waals surface area contributed by atoms with Crippen molar-refractivity contribution in [2.24, 2.45) is 0 Å². The lowest BCUT2D eigenvalue weighted by molar-refractivity contribution is 0.387. The van der Waals surface area contributed by atoms with E-state index in [2.05, 4.69) is 15.5 Å². The smallest absolute Gasteiger partial charge is 0.165 e. The van der Waals surface area contributed by atoms with Gasteiger partial charge in [0.2, 0.25) is 0 Å². The third-order valence-electron chi connectivity index (χ3n) is 2.98. The Balaban J connectivity index is 1.77. The summed E-state index contributed by atoms with van der Waals surface area (Å²) >= 11 is 1.52. The standard InChI is InChI=1S/C13H14FN3OS/c1-18-11-6-8(2-5-10(11)14)13-17-16-12(19-13)7-15-9-3-4-9/h2,5-6,9,15H,3-4,7H2,1H3. The molecule has 1 aliphatic carbocycles. The van der Waals surface area contributed by atoms with Crippen molar-refractivity contribution in [2.45, 2.75) is 25.4 Å². The van der Waals surface area contributed by atoms with Gasteiger partial charge in [0.15, 0.2) is 11.6 Å². The largest absolute Gasteiger partial charge is 0.494 e. The molecule has 1 aliphatic rings. The third-order valence-corrected chi connectivity index (χ3v) is 3.96. The molecular weight excluding hydrogens is 265 g/mol. The van der Waals surface area contributed by atoms with Crippen LogP contribution < -0.4 is 10.1 Å². The van der Waals surface area contributed by atoms with Crippen LogP contribution in [0.15, 0.2) is 18.2 Å². The van der Waals surface area contributed by atoms with Crippen LogP contribution in [0.2, 0.25) is 0 Å². The molecule has 0 spiro atoms. The van der Waals surface area contributed by atoms with Crippen molar-refractivity contribution >= 4 is 11.3 Å². The molecule has 6 heteroatoms. The second-order valence-corrected chi connectivity index (χ2v) is 5.57. The van der Waals surface area contributed by atoms with Crippen molar-refractivity contribution in [3.8, 4) is 16.3 Å². The summed E-state index contributed by atoms with van der Waals surface area (Å²) in [5.74, 6) is -0.142. The van der Waals surface area contributed by atoms with E-state index >= 15 is 0 Å². The summed E-state index contributed by atoms with van der Waals surface area (Å²) in [5, 5.41) is 13.4. The highest BCUT2D eigenvalue weighted by Gasteiger charge is 2.20. The number of nitrogens with zero attached hydrogens (tertiary/aromatic N) is 2. The van der Waals surface area contributed by atoms with E-state index < -0.39 is 0 Å². The Morgan fingerprint density at radius 2 is 2.26 bits per heavy atom. The van der Waals surface area contributed by atoms with Crippen molar-refractivity contribution in [1.82, 2.24) is 15.5 Å². The average Bonchev–Trinajstić information content (AvgIpc) is 3.14. The van der Waals surface area contributed by atoms with Crippen molar-refractivity contribution in [2.75, 3.05) is 7.11 Å². The fourth-order valence-corrected chi connectivity index (χ4v) is 2.54. The second-order valence-electron chi connectivity index (χ2n) is 4.51. The zero-order valence-corrected chi connectivity index (χ0v) is 11.3. The zero-order valence-electron chi connectivity index (χ0n) is 10.5. The van der Waals surface area contributed by atoms with E-state index in [-0.39, 0.29) is 11.6 Å². The van der Waals surface area contributed by atoms with E-state index in [0.717, 1.165) is 22.1 Å². The Kier molecular flexibility index (Phi) is 3.44. The Hall–Kier alpha value is -1.53. The predicted octanol–water partition coefficient (Wildman–Crippen LogP) is 2.60. The first-order valence-corrected chi connectivity index (χ1v) is 6.97. The lowest BCUT2D eigenvalue weighted by Crippen LogP contribution is -2.14. The molecular formula is C13H14FN3OS. The maximum Gasteiger partial charge on any atom is 0.165 e. The van der Waals surface area contributed by atoms with Gasteiger partial charge in [-0.15, -0.1) is 10.2 Å². The van der Waals surface area contributed by atoms with E-state index in [9.17, 15) is 4.39 Å². The van der Waals surface area contributed by atoms with Crippen molar-refractivity contribution in [3.63, 3.8) is 0 Å². The second kappa shape index (κ2) is 5.22. The fourth-order valence-electron chi connectivity index (χ4n) is 1.75. The monoisotopic (exact) mass is 279 g/mol. The van der Waals surface area contributed by atoms with Gasteiger partial charge in [-0.25, -0.2) is 4.39 Å². The molecule has 1 saturated carbocycles. The highest BCUT2D eigenvalue weighted by atomic mass is 32.1. The highest BCUT2D eigenvalue weighted by Crippen LogP contribution is 2.29. The first-order chi connectivity index (χ1) is 9.26. The number of halogens is 1. The van der Waals surface area contributed by atoms with Crippen LogP contribution in [0.5, 0.6) is 5.75 Å². The van der Waals surface area contributed by atoms with E-state index in [1.807, 2.05) is 0 Å². The predicted molar refractivity (Wildman–Crippen MR) is 71.7 cm³/mol. The summed E-state index contributed by atoms with van der Waals surface area (Å²) < 4.78 is 18.3. The van der Waals surface area contributed by atoms with Crippen LogP contribution >= 0.6 is 11.3 Å². The van der Waals surface area contributed by atoms with E-state index in [4.69, 9.17) is 4.74 Å². The van der Waals surface area contributed by atoms with Crippen LogP contribution in [0, 0.1) is 5.82 Å². The Morgan fingerprint density at radius 1 is 1.42 bits per heavy atom. The van der Waals surface area contributed by atoms with Gasteiger partial charge in [0, 0.05) is 18.2 Å². The van der Waals surface area contributed by atoms with Gasteiger partial charge in [0.1, 0.15) is 10.0 Å². The van der Waals surface area contributed by atoms with Crippen LogP contribution in [0.25, 0.3) is 10.6 Å². The number of ether oxygens (including phenoxy) is 1. The fraction of sp³-hybridized carbons (Fsp3) is 0.385. The summed E-state index contributed by atoms with van der Waals surface area (Å²) in [7, 11) is 1.45. The molecule has 19 heavy (non-hydrogen) atoms. The molecule has 0 aliphatic heterocycles. The summed E-state index contributed by atoms with van der Waals surface area (Å²) in [6, 6.07) is 5.38. The molecule has 1 aromatic carbocycles. The molecule has 0 amide bonds. The molecule has 1 aromatic heterocycles. The summed E-state index contributed by atoms with van der Waals surface area (Å²) in [6.07, 6.45) is 2.50. The normalized spacial score (nSPS) is 14.6. The summed E-state index contributed by atoms with van der Waals surface area (Å²) in [4.78, 5) is 0. The Bertz CT molecular complexity index is 583. The number of methoxy groups -OCH3 is 1. The lowest BCUT2D eigenvalue weighted by Gasteiger charge is -2.02. The quantitative estimate of drug-likeness (QED) is 0.914. The minimum Gasteiger partial charge on any atom is -0.494 e. The molecule has 1 N–H and O–H groups in total. The van der Waals surface area contributed by atoms with Gasteiger partial charge in [0.05, 0.1) is 7.11 Å². The van der Waals surface area contributed by atoms with Crippen LogP contribution in [0.4, 0.5) is 4.39 Å². The molecule has 0 saturated heterocycles. The van der Waals surface area contributed by atoms with Gasteiger partial charge in [0.25, 0.3) is 0 Å². The molecule has 1 heterocycles. The number of hydrogen-bond donors (Lipinski definition) is 1. The average molecular weight is 279 g/mol. The van der Waals surface area contributed by atoms with E-state index in [1.165, 1.54) is 37.4 Å². The van der Waals surface area contributed by atoms with Gasteiger partial charge in [-0.05, 0) is 31.0 Å². The molecule has 1 fully saturated rings. The SMILES string of the molecule is COc1cc(-c2nnc(CNC3CC3)s2)ccc1F. The van der Waals surface area contributed by atoms with Crippen molar-refractivity contribution < 1.29 is 9.13 Å². The number of aromatic nitrogens is 2. The topological polar surface area (TPSA) is 47.0 Å². The molecule has 100 valence electrons. The van der Waals surface area contributed by atoms with Crippen LogP contribution in [-0.2, 0) is 6.54 Å². The molecule has 0 atom stereocenters. The van der Waals surface area contributed by atoms with Crippen molar-refractivity contribution in [1.29, 1.82) is 0 Å². The third kappa shape index (κ3) is 2.90. The van der Waals surface area contributed by atoms with Gasteiger partial charge in [-0.2, -0.15) is 0 Å². The minimum absolute atomic E-state index is 0.227. The highest BCUT2D eigenvalue weighted by molar-refractivity contribution is 7.14. The first-order valence-electron chi connectivity index (χ1n) is 6.16. The summed E-state index contributed by atoms with van der Waals surface area (Å²) in [5.41, 5.74) is 0.827. The minimum atomic E-state index is -0.369. The molecule has 0 unspecified atom stereocenters. The Morgan fingerprint density at radius 3 is 3.00 bits per heavy atom. The van der Waals surface area contributed by atoms with Crippen LogP contribution in [0.3, 0.4) is 0 Å². The molecule has 3 rings (SSSR count). The van der Waals surface area contributed by atoms with Crippen molar-refractivity contribution in [3.05, 3.63) is 29.0 Å².